The van der Waals surface area contributed by atoms with E-state index in [2.05, 4.69) is 15.3 Å². The van der Waals surface area contributed by atoms with Crippen molar-refractivity contribution in [1.82, 2.24) is 9.97 Å². The molecule has 0 aromatic carbocycles. The number of hydrogen-bond acceptors (Lipinski definition) is 4. The number of hydrogen-bond donors (Lipinski definition) is 2. The molecule has 0 saturated heterocycles. The highest BCUT2D eigenvalue weighted by Crippen LogP contribution is 2.31. The lowest BCUT2D eigenvalue weighted by molar-refractivity contribution is -0.141. The van der Waals surface area contributed by atoms with E-state index in [4.69, 9.17) is 5.73 Å². The Morgan fingerprint density at radius 1 is 1.26 bits per heavy atom. The van der Waals surface area contributed by atoms with Crippen molar-refractivity contribution >= 4 is 5.95 Å². The average molecular weight is 274 g/mol. The molecule has 0 aliphatic heterocycles. The molecule has 1 saturated carbocycles. The molecular weight excluding hydrogens is 257 g/mol. The topological polar surface area (TPSA) is 63.8 Å². The minimum atomic E-state index is -4.46. The lowest BCUT2D eigenvalue weighted by atomic mass is 9.82. The van der Waals surface area contributed by atoms with Gasteiger partial charge in [0.25, 0.3) is 0 Å². The quantitative estimate of drug-likeness (QED) is 0.889. The van der Waals surface area contributed by atoms with Gasteiger partial charge in [0.1, 0.15) is 5.69 Å². The van der Waals surface area contributed by atoms with Crippen molar-refractivity contribution in [3.63, 3.8) is 0 Å². The lowest BCUT2D eigenvalue weighted by Crippen LogP contribution is -2.47. The maximum atomic E-state index is 12.6. The summed E-state index contributed by atoms with van der Waals surface area (Å²) in [5.41, 5.74) is 4.46. The van der Waals surface area contributed by atoms with Crippen LogP contribution < -0.4 is 11.1 Å². The molecule has 1 heterocycles. The molecule has 2 rings (SSSR count). The van der Waals surface area contributed by atoms with Crippen molar-refractivity contribution in [3.8, 4) is 0 Å². The van der Waals surface area contributed by atoms with E-state index in [-0.39, 0.29) is 11.5 Å². The van der Waals surface area contributed by atoms with Crippen molar-refractivity contribution < 1.29 is 13.2 Å². The van der Waals surface area contributed by atoms with Crippen LogP contribution in [0.25, 0.3) is 0 Å². The van der Waals surface area contributed by atoms with Gasteiger partial charge < -0.3 is 11.1 Å². The van der Waals surface area contributed by atoms with Gasteiger partial charge in [0.05, 0.1) is 5.54 Å². The molecule has 7 heteroatoms. The molecule has 0 bridgehead atoms. The van der Waals surface area contributed by atoms with Gasteiger partial charge in [0.15, 0.2) is 0 Å². The van der Waals surface area contributed by atoms with Crippen LogP contribution in [0.2, 0.25) is 0 Å². The third-order valence-electron chi connectivity index (χ3n) is 3.52. The van der Waals surface area contributed by atoms with E-state index < -0.39 is 11.9 Å². The SMILES string of the molecule is NCC1(Nc2nccc(C(F)(F)F)n2)CCCCC1. The van der Waals surface area contributed by atoms with Gasteiger partial charge in [-0.05, 0) is 18.9 Å². The van der Waals surface area contributed by atoms with Crippen molar-refractivity contribution in [1.29, 1.82) is 0 Å². The zero-order chi connectivity index (χ0) is 13.9. The molecule has 0 unspecified atom stereocenters. The van der Waals surface area contributed by atoms with Crippen molar-refractivity contribution in [2.75, 3.05) is 11.9 Å². The zero-order valence-electron chi connectivity index (χ0n) is 10.5. The molecule has 19 heavy (non-hydrogen) atoms. The van der Waals surface area contributed by atoms with Gasteiger partial charge in [-0.15, -0.1) is 0 Å². The average Bonchev–Trinajstić information content (AvgIpc) is 2.39. The smallest absolute Gasteiger partial charge is 0.348 e. The van der Waals surface area contributed by atoms with Gasteiger partial charge in [-0.1, -0.05) is 19.3 Å². The summed E-state index contributed by atoms with van der Waals surface area (Å²) in [4.78, 5) is 7.39. The van der Waals surface area contributed by atoms with Crippen molar-refractivity contribution in [3.05, 3.63) is 18.0 Å². The minimum absolute atomic E-state index is 0.00201. The van der Waals surface area contributed by atoms with Crippen molar-refractivity contribution in [2.24, 2.45) is 5.73 Å². The third-order valence-corrected chi connectivity index (χ3v) is 3.52. The number of nitrogens with two attached hydrogens (primary N) is 1. The van der Waals surface area contributed by atoms with Crippen LogP contribution in [0.5, 0.6) is 0 Å². The summed E-state index contributed by atoms with van der Waals surface area (Å²) in [7, 11) is 0. The summed E-state index contributed by atoms with van der Waals surface area (Å²) >= 11 is 0. The first kappa shape index (κ1) is 14.0. The normalized spacial score (nSPS) is 19.2. The molecular formula is C12H17F3N4. The van der Waals surface area contributed by atoms with Crippen LogP contribution in [0.15, 0.2) is 12.3 Å². The van der Waals surface area contributed by atoms with Gasteiger partial charge in [0, 0.05) is 12.7 Å². The second-order valence-electron chi connectivity index (χ2n) is 4.93. The van der Waals surface area contributed by atoms with Crippen LogP contribution in [0.4, 0.5) is 19.1 Å². The molecule has 0 radical (unpaired) electrons. The molecule has 0 amide bonds. The monoisotopic (exact) mass is 274 g/mol. The zero-order valence-corrected chi connectivity index (χ0v) is 10.5. The lowest BCUT2D eigenvalue weighted by Gasteiger charge is -2.37. The standard InChI is InChI=1S/C12H17F3N4/c13-12(14,15)9-4-7-17-10(18-9)19-11(8-16)5-2-1-3-6-11/h4,7H,1-3,5-6,8,16H2,(H,17,18,19). The number of nitrogens with one attached hydrogen (secondary N) is 1. The Morgan fingerprint density at radius 3 is 2.53 bits per heavy atom. The summed E-state index contributed by atoms with van der Waals surface area (Å²) in [6, 6.07) is 0.862. The molecule has 0 atom stereocenters. The van der Waals surface area contributed by atoms with E-state index in [1.54, 1.807) is 0 Å². The predicted octanol–water partition coefficient (Wildman–Crippen LogP) is 2.57. The first-order chi connectivity index (χ1) is 8.95. The first-order valence-electron chi connectivity index (χ1n) is 6.34. The van der Waals surface area contributed by atoms with Crippen LogP contribution in [0.1, 0.15) is 37.8 Å². The largest absolute Gasteiger partial charge is 0.433 e. The summed E-state index contributed by atoms with van der Waals surface area (Å²) in [5, 5.41) is 3.01. The molecule has 1 fully saturated rings. The maximum absolute atomic E-state index is 12.6. The number of nitrogens with zero attached hydrogens (tertiary/aromatic N) is 2. The fraction of sp³-hybridized carbons (Fsp3) is 0.667. The summed E-state index contributed by atoms with van der Waals surface area (Å²) < 4.78 is 37.7. The van der Waals surface area contributed by atoms with Crippen LogP contribution in [-0.2, 0) is 6.18 Å². The number of anilines is 1. The van der Waals surface area contributed by atoms with Gasteiger partial charge in [-0.2, -0.15) is 13.2 Å². The number of alkyl halides is 3. The minimum Gasteiger partial charge on any atom is -0.348 e. The van der Waals surface area contributed by atoms with Crippen LogP contribution in [-0.4, -0.2) is 22.1 Å². The molecule has 1 aliphatic rings. The van der Waals surface area contributed by atoms with Gasteiger partial charge in [-0.3, -0.25) is 0 Å². The second-order valence-corrected chi connectivity index (χ2v) is 4.93. The number of rotatable bonds is 3. The van der Waals surface area contributed by atoms with Gasteiger partial charge >= 0.3 is 6.18 Å². The van der Waals surface area contributed by atoms with Crippen LogP contribution >= 0.6 is 0 Å². The second kappa shape index (κ2) is 5.32. The Labute approximate surface area is 109 Å². The summed E-state index contributed by atoms with van der Waals surface area (Å²) in [6.07, 6.45) is 1.50. The molecule has 0 spiro atoms. The molecule has 1 aromatic rings. The maximum Gasteiger partial charge on any atom is 0.433 e. The fourth-order valence-corrected chi connectivity index (χ4v) is 2.42. The van der Waals surface area contributed by atoms with E-state index in [0.717, 1.165) is 44.4 Å². The van der Waals surface area contributed by atoms with Gasteiger partial charge in [-0.25, -0.2) is 9.97 Å². The molecule has 4 nitrogen and oxygen atoms in total. The highest BCUT2D eigenvalue weighted by atomic mass is 19.4. The highest BCUT2D eigenvalue weighted by molar-refractivity contribution is 5.31. The third kappa shape index (κ3) is 3.34. The van der Waals surface area contributed by atoms with E-state index >= 15 is 0 Å². The highest BCUT2D eigenvalue weighted by Gasteiger charge is 2.35. The number of halogens is 3. The Balaban J connectivity index is 2.18. The van der Waals surface area contributed by atoms with E-state index in [9.17, 15) is 13.2 Å². The molecule has 106 valence electrons. The molecule has 1 aliphatic carbocycles. The van der Waals surface area contributed by atoms with Crippen molar-refractivity contribution in [2.45, 2.75) is 43.8 Å². The molecule has 1 aromatic heterocycles. The Morgan fingerprint density at radius 2 is 1.95 bits per heavy atom. The van der Waals surface area contributed by atoms with Gasteiger partial charge in [0.2, 0.25) is 5.95 Å². The Bertz CT molecular complexity index is 427. The summed E-state index contributed by atoms with van der Waals surface area (Å²) in [6.45, 7) is 0.368. The first-order valence-corrected chi connectivity index (χ1v) is 6.34. The van der Waals surface area contributed by atoms with E-state index in [0.29, 0.717) is 6.54 Å². The Hall–Kier alpha value is -1.37. The molecule has 3 N–H and O–H groups in total. The fourth-order valence-electron chi connectivity index (χ4n) is 2.42. The van der Waals surface area contributed by atoms with Crippen LogP contribution in [0, 0.1) is 0 Å². The predicted molar refractivity (Wildman–Crippen MR) is 65.5 cm³/mol. The van der Waals surface area contributed by atoms with E-state index in [1.807, 2.05) is 0 Å². The number of aromatic nitrogens is 2. The summed E-state index contributed by atoms with van der Waals surface area (Å²) in [5.74, 6) is 0.00201. The Kier molecular flexibility index (Phi) is 3.93. The van der Waals surface area contributed by atoms with Crippen LogP contribution in [0.3, 0.4) is 0 Å². The van der Waals surface area contributed by atoms with E-state index in [1.165, 1.54) is 0 Å².